The van der Waals surface area contributed by atoms with Crippen LogP contribution < -0.4 is 19.9 Å². The Morgan fingerprint density at radius 1 is 1.16 bits per heavy atom. The molecule has 5 heteroatoms. The third-order valence-electron chi connectivity index (χ3n) is 2.80. The molecule has 2 N–H and O–H groups in total. The molecule has 1 aromatic carbocycles. The van der Waals surface area contributed by atoms with Gasteiger partial charge in [-0.15, -0.1) is 0 Å². The van der Waals surface area contributed by atoms with E-state index < -0.39 is 0 Å². The van der Waals surface area contributed by atoms with Crippen LogP contribution in [0.15, 0.2) is 12.1 Å². The maximum Gasteiger partial charge on any atom is 0.231 e. The lowest BCUT2D eigenvalue weighted by atomic mass is 10.1. The van der Waals surface area contributed by atoms with E-state index in [2.05, 4.69) is 6.92 Å². The van der Waals surface area contributed by atoms with Gasteiger partial charge in [0.2, 0.25) is 6.79 Å². The topological polar surface area (TPSA) is 62.9 Å². The molecule has 0 amide bonds. The van der Waals surface area contributed by atoms with Crippen LogP contribution in [-0.4, -0.2) is 33.2 Å². The molecular formula is C14H21NO4. The molecule has 0 saturated carbocycles. The van der Waals surface area contributed by atoms with Crippen LogP contribution in [0.25, 0.3) is 0 Å². The second-order valence-electron chi connectivity index (χ2n) is 4.31. The molecule has 0 aromatic heterocycles. The summed E-state index contributed by atoms with van der Waals surface area (Å²) in [7, 11) is 0. The standard InChI is InChI=1S/C14H21NO4/c1-2-5-16-6-7-17-12-9-14-13(18-10-19-14)8-11(12)3-4-15/h8-9H,2-7,10,15H2,1H3. The van der Waals surface area contributed by atoms with Crippen molar-refractivity contribution in [3.05, 3.63) is 17.7 Å². The third kappa shape index (κ3) is 3.75. The van der Waals surface area contributed by atoms with Gasteiger partial charge in [-0.1, -0.05) is 6.92 Å². The summed E-state index contributed by atoms with van der Waals surface area (Å²) >= 11 is 0. The van der Waals surface area contributed by atoms with Crippen molar-refractivity contribution in [2.75, 3.05) is 33.2 Å². The number of hydrogen-bond acceptors (Lipinski definition) is 5. The van der Waals surface area contributed by atoms with Gasteiger partial charge in [0.25, 0.3) is 0 Å². The fourth-order valence-corrected chi connectivity index (χ4v) is 1.91. The number of hydrogen-bond donors (Lipinski definition) is 1. The molecular weight excluding hydrogens is 246 g/mol. The molecule has 0 spiro atoms. The van der Waals surface area contributed by atoms with Gasteiger partial charge in [-0.2, -0.15) is 0 Å². The second-order valence-corrected chi connectivity index (χ2v) is 4.31. The molecule has 0 radical (unpaired) electrons. The maximum absolute atomic E-state index is 5.75. The molecule has 1 aliphatic rings. The lowest BCUT2D eigenvalue weighted by Crippen LogP contribution is -2.10. The summed E-state index contributed by atoms with van der Waals surface area (Å²) in [5, 5.41) is 0. The predicted octanol–water partition coefficient (Wildman–Crippen LogP) is 1.72. The Morgan fingerprint density at radius 3 is 2.68 bits per heavy atom. The van der Waals surface area contributed by atoms with Gasteiger partial charge in [-0.3, -0.25) is 0 Å². The van der Waals surface area contributed by atoms with Crippen LogP contribution in [0.1, 0.15) is 18.9 Å². The van der Waals surface area contributed by atoms with E-state index in [1.54, 1.807) is 0 Å². The number of nitrogens with two attached hydrogens (primary N) is 1. The van der Waals surface area contributed by atoms with Crippen LogP contribution >= 0.6 is 0 Å². The molecule has 0 aliphatic carbocycles. The first-order valence-electron chi connectivity index (χ1n) is 6.68. The Hall–Kier alpha value is -1.46. The molecule has 0 unspecified atom stereocenters. The molecule has 0 fully saturated rings. The van der Waals surface area contributed by atoms with Gasteiger partial charge in [0.1, 0.15) is 12.4 Å². The highest BCUT2D eigenvalue weighted by molar-refractivity contribution is 5.52. The van der Waals surface area contributed by atoms with Crippen LogP contribution in [0, 0.1) is 0 Å². The minimum absolute atomic E-state index is 0.264. The van der Waals surface area contributed by atoms with Crippen molar-refractivity contribution in [3.8, 4) is 17.2 Å². The molecule has 5 nitrogen and oxygen atoms in total. The van der Waals surface area contributed by atoms with Crippen molar-refractivity contribution in [3.63, 3.8) is 0 Å². The summed E-state index contributed by atoms with van der Waals surface area (Å²) in [5.41, 5.74) is 6.66. The Balaban J connectivity index is 1.97. The molecule has 0 bridgehead atoms. The third-order valence-corrected chi connectivity index (χ3v) is 2.80. The van der Waals surface area contributed by atoms with Crippen molar-refractivity contribution in [2.24, 2.45) is 5.73 Å². The zero-order valence-corrected chi connectivity index (χ0v) is 11.3. The molecule has 1 aliphatic heterocycles. The Kier molecular flexibility index (Phi) is 5.30. The van der Waals surface area contributed by atoms with Gasteiger partial charge in [-0.25, -0.2) is 0 Å². The van der Waals surface area contributed by atoms with Crippen LogP contribution in [0.4, 0.5) is 0 Å². The second kappa shape index (κ2) is 7.21. The number of fused-ring (bicyclic) bond motifs is 1. The number of rotatable bonds is 8. The molecule has 106 valence electrons. The summed E-state index contributed by atoms with van der Waals surface area (Å²) in [5.74, 6) is 2.29. The van der Waals surface area contributed by atoms with E-state index in [1.165, 1.54) is 0 Å². The van der Waals surface area contributed by atoms with E-state index >= 15 is 0 Å². The minimum Gasteiger partial charge on any atom is -0.491 e. The van der Waals surface area contributed by atoms with Gasteiger partial charge >= 0.3 is 0 Å². The highest BCUT2D eigenvalue weighted by atomic mass is 16.7. The van der Waals surface area contributed by atoms with E-state index in [0.717, 1.165) is 42.3 Å². The highest BCUT2D eigenvalue weighted by Gasteiger charge is 2.17. The van der Waals surface area contributed by atoms with Crippen LogP contribution in [0.2, 0.25) is 0 Å². The fourth-order valence-electron chi connectivity index (χ4n) is 1.91. The number of benzene rings is 1. The van der Waals surface area contributed by atoms with E-state index in [4.69, 9.17) is 24.7 Å². The lowest BCUT2D eigenvalue weighted by molar-refractivity contribution is 0.100. The lowest BCUT2D eigenvalue weighted by Gasteiger charge is -2.12. The Bertz CT molecular complexity index is 409. The van der Waals surface area contributed by atoms with E-state index in [-0.39, 0.29) is 6.79 Å². The first-order chi connectivity index (χ1) is 9.35. The average molecular weight is 267 g/mol. The van der Waals surface area contributed by atoms with Crippen molar-refractivity contribution in [1.82, 2.24) is 0 Å². The van der Waals surface area contributed by atoms with Gasteiger partial charge in [-0.05, 0) is 31.0 Å². The zero-order valence-electron chi connectivity index (χ0n) is 11.3. The van der Waals surface area contributed by atoms with Crippen molar-refractivity contribution < 1.29 is 18.9 Å². The molecule has 0 saturated heterocycles. The van der Waals surface area contributed by atoms with Crippen molar-refractivity contribution in [1.29, 1.82) is 0 Å². The molecule has 0 atom stereocenters. The van der Waals surface area contributed by atoms with Crippen LogP contribution in [0.3, 0.4) is 0 Å². The van der Waals surface area contributed by atoms with Gasteiger partial charge in [0.05, 0.1) is 6.61 Å². The molecule has 1 aromatic rings. The van der Waals surface area contributed by atoms with Gasteiger partial charge in [0, 0.05) is 12.7 Å². The quantitative estimate of drug-likeness (QED) is 0.727. The summed E-state index contributed by atoms with van der Waals surface area (Å²) in [6.07, 6.45) is 1.77. The van der Waals surface area contributed by atoms with Crippen molar-refractivity contribution >= 4 is 0 Å². The Labute approximate surface area is 113 Å². The highest BCUT2D eigenvalue weighted by Crippen LogP contribution is 2.38. The predicted molar refractivity (Wildman–Crippen MR) is 71.9 cm³/mol. The van der Waals surface area contributed by atoms with E-state index in [1.807, 2.05) is 12.1 Å². The largest absolute Gasteiger partial charge is 0.491 e. The first-order valence-corrected chi connectivity index (χ1v) is 6.68. The monoisotopic (exact) mass is 267 g/mol. The SMILES string of the molecule is CCCOCCOc1cc2c(cc1CCN)OCO2. The summed E-state index contributed by atoms with van der Waals surface area (Å²) in [4.78, 5) is 0. The van der Waals surface area contributed by atoms with Crippen LogP contribution in [0.5, 0.6) is 17.2 Å². The summed E-state index contributed by atoms with van der Waals surface area (Å²) in [6, 6.07) is 3.81. The number of ether oxygens (including phenoxy) is 4. The normalized spacial score (nSPS) is 12.7. The molecule has 19 heavy (non-hydrogen) atoms. The maximum atomic E-state index is 5.75. The van der Waals surface area contributed by atoms with E-state index in [9.17, 15) is 0 Å². The average Bonchev–Trinajstić information content (AvgIpc) is 2.86. The first kappa shape index (κ1) is 14.0. The van der Waals surface area contributed by atoms with Gasteiger partial charge < -0.3 is 24.7 Å². The van der Waals surface area contributed by atoms with Crippen LogP contribution in [-0.2, 0) is 11.2 Å². The fraction of sp³-hybridized carbons (Fsp3) is 0.571. The molecule has 2 rings (SSSR count). The molecule has 1 heterocycles. The minimum atomic E-state index is 0.264. The zero-order chi connectivity index (χ0) is 13.5. The van der Waals surface area contributed by atoms with E-state index in [0.29, 0.717) is 19.8 Å². The Morgan fingerprint density at radius 2 is 1.95 bits per heavy atom. The summed E-state index contributed by atoms with van der Waals surface area (Å²) in [6.45, 7) is 4.79. The smallest absolute Gasteiger partial charge is 0.231 e. The van der Waals surface area contributed by atoms with Gasteiger partial charge in [0.15, 0.2) is 11.5 Å². The summed E-state index contributed by atoms with van der Waals surface area (Å²) < 4.78 is 21.8. The van der Waals surface area contributed by atoms with Crippen molar-refractivity contribution in [2.45, 2.75) is 19.8 Å².